The Morgan fingerprint density at radius 2 is 2.07 bits per heavy atom. The molecule has 1 heterocycles. The lowest BCUT2D eigenvalue weighted by molar-refractivity contribution is 0.0195. The number of aliphatic hydroxyl groups is 1. The van der Waals surface area contributed by atoms with E-state index in [1.807, 2.05) is 18.2 Å². The number of aryl methyl sites for hydroxylation is 1. The molecule has 2 nitrogen and oxygen atoms in total. The second kappa shape index (κ2) is 4.11. The maximum absolute atomic E-state index is 10.0. The monoisotopic (exact) mass is 192 g/mol. The predicted molar refractivity (Wildman–Crippen MR) is 55.1 cm³/mol. The van der Waals surface area contributed by atoms with Gasteiger partial charge in [-0.1, -0.05) is 30.3 Å². The third kappa shape index (κ3) is 2.34. The Labute approximate surface area is 84.5 Å². The molecule has 14 heavy (non-hydrogen) atoms. The quantitative estimate of drug-likeness (QED) is 0.791. The van der Waals surface area contributed by atoms with Crippen molar-refractivity contribution in [3.8, 4) is 0 Å². The molecule has 2 rings (SSSR count). The molecule has 1 unspecified atom stereocenters. The highest BCUT2D eigenvalue weighted by atomic mass is 16.5. The minimum absolute atomic E-state index is 0.500. The summed E-state index contributed by atoms with van der Waals surface area (Å²) in [6.07, 6.45) is 2.51. The molecule has 1 atom stereocenters. The van der Waals surface area contributed by atoms with E-state index in [1.54, 1.807) is 0 Å². The van der Waals surface area contributed by atoms with E-state index in [9.17, 15) is 5.11 Å². The Morgan fingerprint density at radius 1 is 1.29 bits per heavy atom. The molecule has 1 N–H and O–H groups in total. The highest BCUT2D eigenvalue weighted by molar-refractivity contribution is 5.15. The molecule has 1 aromatic rings. The molecular formula is C12H16O2. The Hall–Kier alpha value is -0.860. The summed E-state index contributed by atoms with van der Waals surface area (Å²) in [5, 5.41) is 10.0. The number of rotatable bonds is 3. The zero-order chi connectivity index (χ0) is 9.86. The van der Waals surface area contributed by atoms with E-state index in [2.05, 4.69) is 12.1 Å². The normalized spacial score (nSPS) is 26.6. The van der Waals surface area contributed by atoms with Gasteiger partial charge in [0.05, 0.1) is 12.2 Å². The van der Waals surface area contributed by atoms with Crippen LogP contribution in [0.3, 0.4) is 0 Å². The van der Waals surface area contributed by atoms with Crippen LogP contribution in [0.1, 0.15) is 18.4 Å². The molecule has 0 spiro atoms. The summed E-state index contributed by atoms with van der Waals surface area (Å²) in [6, 6.07) is 10.3. The molecule has 76 valence electrons. The molecule has 1 saturated heterocycles. The molecule has 1 aromatic carbocycles. The molecule has 1 aliphatic heterocycles. The van der Waals surface area contributed by atoms with Gasteiger partial charge in [0.15, 0.2) is 0 Å². The van der Waals surface area contributed by atoms with Crippen LogP contribution in [0.4, 0.5) is 0 Å². The van der Waals surface area contributed by atoms with Crippen LogP contribution >= 0.6 is 0 Å². The lowest BCUT2D eigenvalue weighted by atomic mass is 9.94. The first kappa shape index (κ1) is 9.69. The second-order valence-electron chi connectivity index (χ2n) is 4.01. The van der Waals surface area contributed by atoms with Gasteiger partial charge in [-0.3, -0.25) is 0 Å². The Bertz CT molecular complexity index is 276. The van der Waals surface area contributed by atoms with E-state index in [1.165, 1.54) is 5.56 Å². The average Bonchev–Trinajstić information content (AvgIpc) is 2.65. The molecule has 0 saturated carbocycles. The number of ether oxygens (including phenoxy) is 1. The van der Waals surface area contributed by atoms with E-state index >= 15 is 0 Å². The standard InChI is InChI=1S/C12H16O2/c13-12(8-9-14-10-12)7-6-11-4-2-1-3-5-11/h1-5,13H,6-10H2. The van der Waals surface area contributed by atoms with Crippen molar-refractivity contribution >= 4 is 0 Å². The summed E-state index contributed by atoms with van der Waals surface area (Å²) in [5.74, 6) is 0. The van der Waals surface area contributed by atoms with Crippen LogP contribution in [0.5, 0.6) is 0 Å². The highest BCUT2D eigenvalue weighted by Gasteiger charge is 2.31. The zero-order valence-electron chi connectivity index (χ0n) is 8.28. The average molecular weight is 192 g/mol. The Balaban J connectivity index is 1.88. The van der Waals surface area contributed by atoms with Crippen LogP contribution < -0.4 is 0 Å². The van der Waals surface area contributed by atoms with E-state index in [0.29, 0.717) is 13.2 Å². The molecule has 2 heteroatoms. The molecular weight excluding hydrogens is 176 g/mol. The van der Waals surface area contributed by atoms with Gasteiger partial charge in [0, 0.05) is 13.0 Å². The van der Waals surface area contributed by atoms with E-state index in [4.69, 9.17) is 4.74 Å². The lowest BCUT2D eigenvalue weighted by Gasteiger charge is -2.19. The third-order valence-corrected chi connectivity index (χ3v) is 2.80. The fourth-order valence-corrected chi connectivity index (χ4v) is 1.82. The van der Waals surface area contributed by atoms with Gasteiger partial charge in [0.25, 0.3) is 0 Å². The first-order chi connectivity index (χ1) is 6.79. The molecule has 0 amide bonds. The first-order valence-electron chi connectivity index (χ1n) is 5.13. The van der Waals surface area contributed by atoms with Gasteiger partial charge in [-0.15, -0.1) is 0 Å². The summed E-state index contributed by atoms with van der Waals surface area (Å²) in [7, 11) is 0. The molecule has 0 radical (unpaired) electrons. The fraction of sp³-hybridized carbons (Fsp3) is 0.500. The topological polar surface area (TPSA) is 29.5 Å². The van der Waals surface area contributed by atoms with Gasteiger partial charge < -0.3 is 9.84 Å². The van der Waals surface area contributed by atoms with Crippen LogP contribution in [0, 0.1) is 0 Å². The van der Waals surface area contributed by atoms with Gasteiger partial charge in [-0.05, 0) is 18.4 Å². The van der Waals surface area contributed by atoms with Crippen molar-refractivity contribution in [3.05, 3.63) is 35.9 Å². The van der Waals surface area contributed by atoms with Crippen molar-refractivity contribution in [2.45, 2.75) is 24.9 Å². The Kier molecular flexibility index (Phi) is 2.85. The molecule has 0 aliphatic carbocycles. The van der Waals surface area contributed by atoms with Crippen LogP contribution in [-0.4, -0.2) is 23.9 Å². The smallest absolute Gasteiger partial charge is 0.0905 e. The maximum Gasteiger partial charge on any atom is 0.0905 e. The number of benzene rings is 1. The summed E-state index contributed by atoms with van der Waals surface area (Å²) < 4.78 is 5.20. The predicted octanol–water partition coefficient (Wildman–Crippen LogP) is 1.77. The summed E-state index contributed by atoms with van der Waals surface area (Å²) >= 11 is 0. The molecule has 1 fully saturated rings. The van der Waals surface area contributed by atoms with Crippen molar-refractivity contribution in [1.82, 2.24) is 0 Å². The van der Waals surface area contributed by atoms with Gasteiger partial charge in [0.1, 0.15) is 0 Å². The SMILES string of the molecule is OC1(CCc2ccccc2)CCOC1. The minimum atomic E-state index is -0.574. The van der Waals surface area contributed by atoms with Crippen LogP contribution in [-0.2, 0) is 11.2 Å². The van der Waals surface area contributed by atoms with E-state index < -0.39 is 5.60 Å². The lowest BCUT2D eigenvalue weighted by Crippen LogP contribution is -2.29. The first-order valence-corrected chi connectivity index (χ1v) is 5.13. The summed E-state index contributed by atoms with van der Waals surface area (Å²) in [4.78, 5) is 0. The van der Waals surface area contributed by atoms with Crippen molar-refractivity contribution in [3.63, 3.8) is 0 Å². The Morgan fingerprint density at radius 3 is 2.71 bits per heavy atom. The minimum Gasteiger partial charge on any atom is -0.387 e. The van der Waals surface area contributed by atoms with Gasteiger partial charge in [0.2, 0.25) is 0 Å². The van der Waals surface area contributed by atoms with Crippen molar-refractivity contribution in [2.75, 3.05) is 13.2 Å². The largest absolute Gasteiger partial charge is 0.387 e. The number of hydrogen-bond acceptors (Lipinski definition) is 2. The fourth-order valence-electron chi connectivity index (χ4n) is 1.82. The second-order valence-corrected chi connectivity index (χ2v) is 4.01. The molecule has 1 aliphatic rings. The molecule has 0 aromatic heterocycles. The highest BCUT2D eigenvalue weighted by Crippen LogP contribution is 2.23. The van der Waals surface area contributed by atoms with Crippen molar-refractivity contribution in [2.24, 2.45) is 0 Å². The summed E-state index contributed by atoms with van der Waals surface area (Å²) in [5.41, 5.74) is 0.711. The van der Waals surface area contributed by atoms with Crippen LogP contribution in [0.25, 0.3) is 0 Å². The maximum atomic E-state index is 10.0. The number of hydrogen-bond donors (Lipinski definition) is 1. The van der Waals surface area contributed by atoms with Gasteiger partial charge in [-0.2, -0.15) is 0 Å². The van der Waals surface area contributed by atoms with E-state index in [-0.39, 0.29) is 0 Å². The third-order valence-electron chi connectivity index (χ3n) is 2.80. The van der Waals surface area contributed by atoms with Crippen LogP contribution in [0.2, 0.25) is 0 Å². The van der Waals surface area contributed by atoms with Gasteiger partial charge in [-0.25, -0.2) is 0 Å². The zero-order valence-corrected chi connectivity index (χ0v) is 8.28. The van der Waals surface area contributed by atoms with Gasteiger partial charge >= 0.3 is 0 Å². The van der Waals surface area contributed by atoms with Crippen molar-refractivity contribution in [1.29, 1.82) is 0 Å². The molecule has 0 bridgehead atoms. The summed E-state index contributed by atoms with van der Waals surface area (Å²) in [6.45, 7) is 1.20. The van der Waals surface area contributed by atoms with E-state index in [0.717, 1.165) is 19.3 Å². The van der Waals surface area contributed by atoms with Crippen molar-refractivity contribution < 1.29 is 9.84 Å². The van der Waals surface area contributed by atoms with Crippen LogP contribution in [0.15, 0.2) is 30.3 Å².